The first-order chi connectivity index (χ1) is 12.7. The quantitative estimate of drug-likeness (QED) is 0.707. The van der Waals surface area contributed by atoms with E-state index in [1.165, 1.54) is 22.7 Å². The minimum Gasteiger partial charge on any atom is -0.497 e. The van der Waals surface area contributed by atoms with E-state index in [1.807, 2.05) is 31.2 Å². The summed E-state index contributed by atoms with van der Waals surface area (Å²) in [4.78, 5) is 12.4. The van der Waals surface area contributed by atoms with Gasteiger partial charge in [0.15, 0.2) is 0 Å². The SMILES string of the molecule is COc1ccc(OC[C@H](C)NC(=O)C2CCN(S(=O)(=O)N(C)C)CC2)cc1. The fraction of sp³-hybridized carbons (Fsp3) is 0.611. The number of nitrogens with zero attached hydrogens (tertiary/aromatic N) is 2. The third-order valence-corrected chi connectivity index (χ3v) is 6.50. The van der Waals surface area contributed by atoms with Gasteiger partial charge in [-0.15, -0.1) is 0 Å². The van der Waals surface area contributed by atoms with Crippen molar-refractivity contribution < 1.29 is 22.7 Å². The van der Waals surface area contributed by atoms with Crippen LogP contribution in [0.3, 0.4) is 0 Å². The number of ether oxygens (including phenoxy) is 2. The van der Waals surface area contributed by atoms with Crippen molar-refractivity contribution in [3.05, 3.63) is 24.3 Å². The van der Waals surface area contributed by atoms with Crippen LogP contribution in [0, 0.1) is 5.92 Å². The zero-order chi connectivity index (χ0) is 20.0. The molecule has 2 rings (SSSR count). The van der Waals surface area contributed by atoms with Gasteiger partial charge in [-0.1, -0.05) is 0 Å². The van der Waals surface area contributed by atoms with E-state index in [0.29, 0.717) is 38.3 Å². The number of carbonyl (C=O) groups excluding carboxylic acids is 1. The standard InChI is InChI=1S/C18H29N3O5S/c1-14(13-26-17-7-5-16(25-4)6-8-17)19-18(22)15-9-11-21(12-10-15)27(23,24)20(2)3/h5-8,14-15H,9-13H2,1-4H3,(H,19,22)/t14-/m0/s1. The third-order valence-electron chi connectivity index (χ3n) is 4.56. The Balaban J connectivity index is 1.76. The van der Waals surface area contributed by atoms with Gasteiger partial charge in [0.25, 0.3) is 10.2 Å². The summed E-state index contributed by atoms with van der Waals surface area (Å²) in [5.41, 5.74) is 0. The number of nitrogens with one attached hydrogen (secondary N) is 1. The molecule has 0 saturated carbocycles. The summed E-state index contributed by atoms with van der Waals surface area (Å²) in [5.74, 6) is 1.23. The fourth-order valence-electron chi connectivity index (χ4n) is 2.88. The van der Waals surface area contributed by atoms with E-state index in [0.717, 1.165) is 5.75 Å². The van der Waals surface area contributed by atoms with Gasteiger partial charge >= 0.3 is 0 Å². The highest BCUT2D eigenvalue weighted by molar-refractivity contribution is 7.86. The lowest BCUT2D eigenvalue weighted by Gasteiger charge is -2.32. The molecule has 9 heteroatoms. The molecule has 1 aliphatic rings. The van der Waals surface area contributed by atoms with Crippen molar-refractivity contribution in [1.29, 1.82) is 0 Å². The number of hydrogen-bond acceptors (Lipinski definition) is 5. The van der Waals surface area contributed by atoms with E-state index in [2.05, 4.69) is 5.32 Å². The van der Waals surface area contributed by atoms with E-state index >= 15 is 0 Å². The van der Waals surface area contributed by atoms with Crippen LogP contribution >= 0.6 is 0 Å². The molecule has 27 heavy (non-hydrogen) atoms. The Bertz CT molecular complexity index is 713. The molecular weight excluding hydrogens is 370 g/mol. The normalized spacial score (nSPS) is 17.5. The van der Waals surface area contributed by atoms with E-state index < -0.39 is 10.2 Å². The molecule has 0 unspecified atom stereocenters. The van der Waals surface area contributed by atoms with Gasteiger partial charge < -0.3 is 14.8 Å². The second kappa shape index (κ2) is 9.38. The summed E-state index contributed by atoms with van der Waals surface area (Å²) in [7, 11) is 1.22. The molecule has 1 heterocycles. The maximum atomic E-state index is 12.4. The number of rotatable bonds is 8. The number of piperidine rings is 1. The smallest absolute Gasteiger partial charge is 0.281 e. The molecule has 1 amide bonds. The molecule has 1 aromatic rings. The number of benzene rings is 1. The Labute approximate surface area is 161 Å². The van der Waals surface area contributed by atoms with Crippen LogP contribution in [-0.4, -0.2) is 69.9 Å². The predicted octanol–water partition coefficient (Wildman–Crippen LogP) is 1.10. The molecule has 1 fully saturated rings. The largest absolute Gasteiger partial charge is 0.497 e. The highest BCUT2D eigenvalue weighted by atomic mass is 32.2. The molecular formula is C18H29N3O5S. The first-order valence-corrected chi connectivity index (χ1v) is 10.4. The van der Waals surface area contributed by atoms with Crippen molar-refractivity contribution >= 4 is 16.1 Å². The second-order valence-corrected chi connectivity index (χ2v) is 9.00. The molecule has 1 atom stereocenters. The summed E-state index contributed by atoms with van der Waals surface area (Å²) in [5, 5.41) is 2.95. The lowest BCUT2D eigenvalue weighted by atomic mass is 9.97. The highest BCUT2D eigenvalue weighted by Crippen LogP contribution is 2.21. The van der Waals surface area contributed by atoms with Crippen LogP contribution in [0.25, 0.3) is 0 Å². The monoisotopic (exact) mass is 399 g/mol. The van der Waals surface area contributed by atoms with Crippen LogP contribution in [0.1, 0.15) is 19.8 Å². The highest BCUT2D eigenvalue weighted by Gasteiger charge is 2.32. The van der Waals surface area contributed by atoms with E-state index in [4.69, 9.17) is 9.47 Å². The van der Waals surface area contributed by atoms with Crippen LogP contribution in [0.5, 0.6) is 11.5 Å². The van der Waals surface area contributed by atoms with Crippen molar-refractivity contribution in [3.63, 3.8) is 0 Å². The first-order valence-electron chi connectivity index (χ1n) is 8.99. The minimum absolute atomic E-state index is 0.0530. The molecule has 0 spiro atoms. The molecule has 152 valence electrons. The Morgan fingerprint density at radius 1 is 1.22 bits per heavy atom. The summed E-state index contributed by atoms with van der Waals surface area (Å²) in [6.45, 7) is 2.95. The zero-order valence-corrected chi connectivity index (χ0v) is 17.2. The van der Waals surface area contributed by atoms with Crippen molar-refractivity contribution in [2.75, 3.05) is 40.9 Å². The van der Waals surface area contributed by atoms with Gasteiger partial charge in [0.2, 0.25) is 5.91 Å². The van der Waals surface area contributed by atoms with Gasteiger partial charge in [-0.25, -0.2) is 0 Å². The molecule has 8 nitrogen and oxygen atoms in total. The molecule has 0 aliphatic carbocycles. The average molecular weight is 400 g/mol. The minimum atomic E-state index is -3.41. The van der Waals surface area contributed by atoms with Crippen LogP contribution in [0.2, 0.25) is 0 Å². The van der Waals surface area contributed by atoms with Crippen molar-refractivity contribution in [1.82, 2.24) is 13.9 Å². The summed E-state index contributed by atoms with van der Waals surface area (Å²) in [6, 6.07) is 7.10. The number of hydrogen-bond donors (Lipinski definition) is 1. The topological polar surface area (TPSA) is 88.2 Å². The number of methoxy groups -OCH3 is 1. The molecule has 1 aliphatic heterocycles. The van der Waals surface area contributed by atoms with Gasteiger partial charge in [-0.05, 0) is 44.0 Å². The summed E-state index contributed by atoms with van der Waals surface area (Å²) < 4.78 is 37.7. The van der Waals surface area contributed by atoms with E-state index in [1.54, 1.807) is 7.11 Å². The maximum absolute atomic E-state index is 12.4. The fourth-order valence-corrected chi connectivity index (χ4v) is 4.01. The molecule has 0 aromatic heterocycles. The Morgan fingerprint density at radius 2 is 1.78 bits per heavy atom. The second-order valence-electron chi connectivity index (χ2n) is 6.86. The molecule has 0 radical (unpaired) electrons. The Hall–Kier alpha value is -1.84. The number of carbonyl (C=O) groups is 1. The van der Waals surface area contributed by atoms with Gasteiger partial charge in [0.1, 0.15) is 18.1 Å². The third kappa shape index (κ3) is 5.82. The van der Waals surface area contributed by atoms with Crippen molar-refractivity contribution in [2.45, 2.75) is 25.8 Å². The van der Waals surface area contributed by atoms with Crippen molar-refractivity contribution in [3.8, 4) is 11.5 Å². The average Bonchev–Trinajstić information content (AvgIpc) is 2.66. The lowest BCUT2D eigenvalue weighted by molar-refractivity contribution is -0.126. The van der Waals surface area contributed by atoms with Gasteiger partial charge in [-0.3, -0.25) is 4.79 Å². The van der Waals surface area contributed by atoms with Crippen LogP contribution in [-0.2, 0) is 15.0 Å². The Morgan fingerprint density at radius 3 is 2.30 bits per heavy atom. The zero-order valence-electron chi connectivity index (χ0n) is 16.3. The Kier molecular flexibility index (Phi) is 7.46. The van der Waals surface area contributed by atoms with Gasteiger partial charge in [-0.2, -0.15) is 17.0 Å². The van der Waals surface area contributed by atoms with Crippen LogP contribution in [0.4, 0.5) is 0 Å². The summed E-state index contributed by atoms with van der Waals surface area (Å²) >= 11 is 0. The maximum Gasteiger partial charge on any atom is 0.281 e. The predicted molar refractivity (Wildman–Crippen MR) is 103 cm³/mol. The first kappa shape index (κ1) is 21.5. The van der Waals surface area contributed by atoms with E-state index in [-0.39, 0.29) is 17.9 Å². The molecule has 1 N–H and O–H groups in total. The van der Waals surface area contributed by atoms with Crippen LogP contribution in [0.15, 0.2) is 24.3 Å². The number of amides is 1. The van der Waals surface area contributed by atoms with E-state index in [9.17, 15) is 13.2 Å². The summed E-state index contributed by atoms with van der Waals surface area (Å²) in [6.07, 6.45) is 1.04. The van der Waals surface area contributed by atoms with Crippen molar-refractivity contribution in [2.24, 2.45) is 5.92 Å². The van der Waals surface area contributed by atoms with Crippen LogP contribution < -0.4 is 14.8 Å². The molecule has 0 bridgehead atoms. The lowest BCUT2D eigenvalue weighted by Crippen LogP contribution is -2.48. The van der Waals surface area contributed by atoms with Gasteiger partial charge in [0.05, 0.1) is 13.2 Å². The molecule has 1 aromatic carbocycles. The molecule has 1 saturated heterocycles. The van der Waals surface area contributed by atoms with Gasteiger partial charge in [0, 0.05) is 33.1 Å².